The Balaban J connectivity index is 0.000000224. The van der Waals surface area contributed by atoms with Gasteiger partial charge in [-0.05, 0) is 31.0 Å². The van der Waals surface area contributed by atoms with Crippen LogP contribution in [-0.2, 0) is 6.42 Å². The second-order valence-electron chi connectivity index (χ2n) is 4.28. The van der Waals surface area contributed by atoms with Crippen molar-refractivity contribution in [2.24, 2.45) is 0 Å². The molecule has 0 radical (unpaired) electrons. The molecule has 0 aromatic carbocycles. The maximum atomic E-state index is 10.4. The van der Waals surface area contributed by atoms with E-state index < -0.39 is 4.92 Å². The predicted octanol–water partition coefficient (Wildman–Crippen LogP) is 2.23. The molecule has 2 rings (SSSR count). The van der Waals surface area contributed by atoms with E-state index in [0.717, 1.165) is 12.0 Å². The van der Waals surface area contributed by atoms with Crippen molar-refractivity contribution in [3.05, 3.63) is 46.3 Å². The minimum atomic E-state index is -0.453. The summed E-state index contributed by atoms with van der Waals surface area (Å²) in [6.45, 7) is 4.52. The molecule has 0 aliphatic heterocycles. The van der Waals surface area contributed by atoms with E-state index in [2.05, 4.69) is 15.3 Å². The number of pyridine rings is 2. The van der Waals surface area contributed by atoms with Gasteiger partial charge in [-0.3, -0.25) is 10.1 Å². The Labute approximate surface area is 128 Å². The van der Waals surface area contributed by atoms with Gasteiger partial charge < -0.3 is 16.8 Å². The van der Waals surface area contributed by atoms with Crippen molar-refractivity contribution in [1.29, 1.82) is 0 Å². The van der Waals surface area contributed by atoms with Crippen molar-refractivity contribution in [1.82, 2.24) is 9.97 Å². The SMILES string of the molecule is CCNc1ncccc1[N+](=O)[O-].CCc1ccnc(N)c1N. The van der Waals surface area contributed by atoms with Crippen LogP contribution in [-0.4, -0.2) is 21.4 Å². The van der Waals surface area contributed by atoms with Crippen LogP contribution < -0.4 is 16.8 Å². The van der Waals surface area contributed by atoms with Crippen LogP contribution in [0, 0.1) is 10.1 Å². The molecular weight excluding hydrogens is 284 g/mol. The number of nitro groups is 1. The Morgan fingerprint density at radius 3 is 2.50 bits per heavy atom. The van der Waals surface area contributed by atoms with E-state index in [0.29, 0.717) is 23.9 Å². The number of nitrogens with zero attached hydrogens (tertiary/aromatic N) is 3. The van der Waals surface area contributed by atoms with Gasteiger partial charge in [0.1, 0.15) is 5.82 Å². The van der Waals surface area contributed by atoms with Crippen molar-refractivity contribution in [2.75, 3.05) is 23.3 Å². The number of anilines is 3. The zero-order chi connectivity index (χ0) is 16.5. The van der Waals surface area contributed by atoms with E-state index in [1.807, 2.05) is 19.9 Å². The van der Waals surface area contributed by atoms with E-state index in [-0.39, 0.29) is 5.69 Å². The number of aromatic nitrogens is 2. The fourth-order valence-corrected chi connectivity index (χ4v) is 1.69. The molecule has 0 saturated carbocycles. The minimum absolute atomic E-state index is 0.0133. The van der Waals surface area contributed by atoms with Crippen LogP contribution >= 0.6 is 0 Å². The van der Waals surface area contributed by atoms with Gasteiger partial charge in [-0.25, -0.2) is 9.97 Å². The molecule has 0 aliphatic rings. The second-order valence-corrected chi connectivity index (χ2v) is 4.28. The van der Waals surface area contributed by atoms with Gasteiger partial charge in [-0.15, -0.1) is 0 Å². The summed E-state index contributed by atoms with van der Waals surface area (Å²) < 4.78 is 0. The molecule has 5 N–H and O–H groups in total. The van der Waals surface area contributed by atoms with Crippen LogP contribution in [0.2, 0.25) is 0 Å². The minimum Gasteiger partial charge on any atom is -0.396 e. The average molecular weight is 304 g/mol. The molecule has 0 fully saturated rings. The van der Waals surface area contributed by atoms with Gasteiger partial charge in [0.15, 0.2) is 0 Å². The maximum Gasteiger partial charge on any atom is 0.311 e. The first-order chi connectivity index (χ1) is 10.5. The zero-order valence-corrected chi connectivity index (χ0v) is 12.6. The van der Waals surface area contributed by atoms with Crippen LogP contribution in [0.1, 0.15) is 19.4 Å². The van der Waals surface area contributed by atoms with Crippen LogP contribution in [0.25, 0.3) is 0 Å². The van der Waals surface area contributed by atoms with Gasteiger partial charge in [-0.1, -0.05) is 6.92 Å². The lowest BCUT2D eigenvalue weighted by molar-refractivity contribution is -0.384. The summed E-state index contributed by atoms with van der Waals surface area (Å²) in [5.41, 5.74) is 12.8. The molecular formula is C14H20N6O2. The highest BCUT2D eigenvalue weighted by molar-refractivity contribution is 5.62. The van der Waals surface area contributed by atoms with Gasteiger partial charge >= 0.3 is 5.69 Å². The molecule has 0 atom stereocenters. The number of hydrogen-bond donors (Lipinski definition) is 3. The molecule has 8 heteroatoms. The number of nitrogen functional groups attached to an aromatic ring is 2. The van der Waals surface area contributed by atoms with E-state index in [9.17, 15) is 10.1 Å². The van der Waals surface area contributed by atoms with Crippen LogP contribution in [0.5, 0.6) is 0 Å². The summed E-state index contributed by atoms with van der Waals surface area (Å²) in [6, 6.07) is 4.84. The Bertz CT molecular complexity index is 632. The Morgan fingerprint density at radius 1 is 1.23 bits per heavy atom. The van der Waals surface area contributed by atoms with Gasteiger partial charge in [0.05, 0.1) is 10.6 Å². The second kappa shape index (κ2) is 8.40. The third-order valence-corrected chi connectivity index (χ3v) is 2.82. The summed E-state index contributed by atoms with van der Waals surface area (Å²) in [6.07, 6.45) is 4.09. The fraction of sp³-hybridized carbons (Fsp3) is 0.286. The van der Waals surface area contributed by atoms with E-state index in [1.165, 1.54) is 12.3 Å². The zero-order valence-electron chi connectivity index (χ0n) is 12.6. The molecule has 2 aromatic rings. The van der Waals surface area contributed by atoms with Gasteiger partial charge in [0.25, 0.3) is 0 Å². The monoisotopic (exact) mass is 304 g/mol. The van der Waals surface area contributed by atoms with E-state index in [1.54, 1.807) is 12.3 Å². The van der Waals surface area contributed by atoms with E-state index >= 15 is 0 Å². The Kier molecular flexibility index (Phi) is 6.55. The van der Waals surface area contributed by atoms with Crippen LogP contribution in [0.3, 0.4) is 0 Å². The normalized spacial score (nSPS) is 9.55. The first kappa shape index (κ1) is 17.2. The number of nitrogens with two attached hydrogens (primary N) is 2. The first-order valence-corrected chi connectivity index (χ1v) is 6.83. The van der Waals surface area contributed by atoms with Crippen molar-refractivity contribution in [3.63, 3.8) is 0 Å². The highest BCUT2D eigenvalue weighted by Gasteiger charge is 2.11. The molecule has 0 spiro atoms. The molecule has 22 heavy (non-hydrogen) atoms. The Hall–Kier alpha value is -2.90. The van der Waals surface area contributed by atoms with Gasteiger partial charge in [0.2, 0.25) is 5.82 Å². The maximum absolute atomic E-state index is 10.4. The average Bonchev–Trinajstić information content (AvgIpc) is 2.51. The first-order valence-electron chi connectivity index (χ1n) is 6.83. The third kappa shape index (κ3) is 4.58. The van der Waals surface area contributed by atoms with Crippen LogP contribution in [0.15, 0.2) is 30.6 Å². The quantitative estimate of drug-likeness (QED) is 0.582. The van der Waals surface area contributed by atoms with E-state index in [4.69, 9.17) is 11.5 Å². The standard InChI is InChI=1S/C7H9N3O2.C7H11N3/c1-2-8-7-6(10(11)12)4-3-5-9-7;1-2-5-3-4-10-7(9)6(5)8/h3-5H,2H2,1H3,(H,8,9);3-4H,2,8H2,1H3,(H2,9,10). The summed E-state index contributed by atoms with van der Waals surface area (Å²) in [5, 5.41) is 13.2. The van der Waals surface area contributed by atoms with Crippen molar-refractivity contribution >= 4 is 23.0 Å². The summed E-state index contributed by atoms with van der Waals surface area (Å²) in [7, 11) is 0. The molecule has 0 amide bonds. The number of rotatable bonds is 4. The molecule has 0 aliphatic carbocycles. The lowest BCUT2D eigenvalue weighted by atomic mass is 10.2. The predicted molar refractivity (Wildman–Crippen MR) is 87.5 cm³/mol. The summed E-state index contributed by atoms with van der Waals surface area (Å²) in [4.78, 5) is 17.6. The Morgan fingerprint density at radius 2 is 1.95 bits per heavy atom. The third-order valence-electron chi connectivity index (χ3n) is 2.82. The molecule has 0 bridgehead atoms. The summed E-state index contributed by atoms with van der Waals surface area (Å²) >= 11 is 0. The van der Waals surface area contributed by atoms with Crippen molar-refractivity contribution in [3.8, 4) is 0 Å². The molecule has 0 saturated heterocycles. The largest absolute Gasteiger partial charge is 0.396 e. The summed E-state index contributed by atoms with van der Waals surface area (Å²) in [5.74, 6) is 0.754. The topological polar surface area (TPSA) is 133 Å². The van der Waals surface area contributed by atoms with Crippen molar-refractivity contribution in [2.45, 2.75) is 20.3 Å². The molecule has 0 unspecified atom stereocenters. The molecule has 8 nitrogen and oxygen atoms in total. The fourth-order valence-electron chi connectivity index (χ4n) is 1.69. The van der Waals surface area contributed by atoms with Crippen molar-refractivity contribution < 1.29 is 4.92 Å². The number of hydrogen-bond acceptors (Lipinski definition) is 7. The van der Waals surface area contributed by atoms with Gasteiger partial charge in [0, 0.05) is 25.0 Å². The smallest absolute Gasteiger partial charge is 0.311 e. The highest BCUT2D eigenvalue weighted by Crippen LogP contribution is 2.19. The number of nitrogens with one attached hydrogen (secondary N) is 1. The lowest BCUT2D eigenvalue weighted by Crippen LogP contribution is -2.02. The molecule has 2 aromatic heterocycles. The van der Waals surface area contributed by atoms with Gasteiger partial charge in [-0.2, -0.15) is 0 Å². The molecule has 2 heterocycles. The highest BCUT2D eigenvalue weighted by atomic mass is 16.6. The van der Waals surface area contributed by atoms with Crippen LogP contribution in [0.4, 0.5) is 23.0 Å². The lowest BCUT2D eigenvalue weighted by Gasteiger charge is -2.02. The number of aryl methyl sites for hydroxylation is 1. The molecule has 118 valence electrons.